The van der Waals surface area contributed by atoms with E-state index < -0.39 is 22.5 Å². The van der Waals surface area contributed by atoms with E-state index in [1.165, 1.54) is 31.4 Å². The van der Waals surface area contributed by atoms with Crippen molar-refractivity contribution in [1.29, 1.82) is 0 Å². The lowest BCUT2D eigenvalue weighted by molar-refractivity contribution is -0.137. The molecular formula is C12H14ClNO5S. The molecule has 1 rings (SSSR count). The number of benzene rings is 1. The van der Waals surface area contributed by atoms with Gasteiger partial charge in [-0.05, 0) is 12.1 Å². The van der Waals surface area contributed by atoms with Gasteiger partial charge in [0, 0.05) is 17.6 Å². The number of sulfonamides is 1. The lowest BCUT2D eigenvalue weighted by Gasteiger charge is -2.20. The maximum absolute atomic E-state index is 12.4. The molecule has 110 valence electrons. The minimum Gasteiger partial charge on any atom is -0.495 e. The molecule has 0 aliphatic carbocycles. The van der Waals surface area contributed by atoms with E-state index in [0.717, 1.165) is 4.31 Å². The van der Waals surface area contributed by atoms with E-state index in [1.54, 1.807) is 0 Å². The SMILES string of the molecule is C=CCN(CC(=O)O)S(=O)(=O)c1ccc(Cl)cc1OC. The molecule has 0 amide bonds. The number of ether oxygens (including phenoxy) is 1. The number of hydrogen-bond donors (Lipinski definition) is 1. The number of aliphatic carboxylic acids is 1. The predicted molar refractivity (Wildman–Crippen MR) is 74.6 cm³/mol. The number of carboxylic acid groups (broad SMARTS) is 1. The summed E-state index contributed by atoms with van der Waals surface area (Å²) in [6.45, 7) is 2.63. The average molecular weight is 320 g/mol. The fourth-order valence-electron chi connectivity index (χ4n) is 1.54. The van der Waals surface area contributed by atoms with Crippen molar-refractivity contribution in [3.63, 3.8) is 0 Å². The topological polar surface area (TPSA) is 83.9 Å². The third-order valence-corrected chi connectivity index (χ3v) is 4.47. The van der Waals surface area contributed by atoms with Crippen LogP contribution in [0.2, 0.25) is 5.02 Å². The van der Waals surface area contributed by atoms with Crippen LogP contribution < -0.4 is 4.74 Å². The summed E-state index contributed by atoms with van der Waals surface area (Å²) in [5, 5.41) is 9.11. The quantitative estimate of drug-likeness (QED) is 0.772. The van der Waals surface area contributed by atoms with E-state index in [0.29, 0.717) is 5.02 Å². The fraction of sp³-hybridized carbons (Fsp3) is 0.250. The number of nitrogens with zero attached hydrogens (tertiary/aromatic N) is 1. The van der Waals surface area contributed by atoms with Crippen molar-refractivity contribution in [2.75, 3.05) is 20.2 Å². The van der Waals surface area contributed by atoms with Crippen LogP contribution in [-0.4, -0.2) is 44.0 Å². The number of rotatable bonds is 7. The molecule has 1 aromatic rings. The van der Waals surface area contributed by atoms with Crippen molar-refractivity contribution in [1.82, 2.24) is 4.31 Å². The van der Waals surface area contributed by atoms with Gasteiger partial charge in [0.25, 0.3) is 0 Å². The summed E-state index contributed by atoms with van der Waals surface area (Å²) in [5.41, 5.74) is 0. The van der Waals surface area contributed by atoms with Crippen molar-refractivity contribution >= 4 is 27.6 Å². The lowest BCUT2D eigenvalue weighted by Crippen LogP contribution is -2.36. The molecule has 0 unspecified atom stereocenters. The van der Waals surface area contributed by atoms with Gasteiger partial charge < -0.3 is 9.84 Å². The average Bonchev–Trinajstić information content (AvgIpc) is 2.37. The molecule has 0 saturated heterocycles. The van der Waals surface area contributed by atoms with E-state index in [-0.39, 0.29) is 17.2 Å². The molecule has 0 bridgehead atoms. The van der Waals surface area contributed by atoms with E-state index in [9.17, 15) is 13.2 Å². The van der Waals surface area contributed by atoms with Gasteiger partial charge in [-0.3, -0.25) is 4.79 Å². The van der Waals surface area contributed by atoms with Crippen LogP contribution in [0, 0.1) is 0 Å². The standard InChI is InChI=1S/C12H14ClNO5S/c1-3-6-14(8-12(15)16)20(17,18)11-5-4-9(13)7-10(11)19-2/h3-5,7H,1,6,8H2,2H3,(H,15,16). The van der Waals surface area contributed by atoms with Gasteiger partial charge in [-0.15, -0.1) is 6.58 Å². The molecule has 8 heteroatoms. The first-order valence-corrected chi connectivity index (χ1v) is 7.31. The van der Waals surface area contributed by atoms with Gasteiger partial charge in [0.05, 0.1) is 7.11 Å². The molecule has 6 nitrogen and oxygen atoms in total. The van der Waals surface area contributed by atoms with Gasteiger partial charge in [-0.25, -0.2) is 8.42 Å². The van der Waals surface area contributed by atoms with Crippen LogP contribution in [-0.2, 0) is 14.8 Å². The Balaban J connectivity index is 3.32. The minimum absolute atomic E-state index is 0.0527. The zero-order chi connectivity index (χ0) is 15.3. The molecule has 0 atom stereocenters. The second kappa shape index (κ2) is 6.74. The highest BCUT2D eigenvalue weighted by Gasteiger charge is 2.28. The normalized spacial score (nSPS) is 11.3. The van der Waals surface area contributed by atoms with Gasteiger partial charge >= 0.3 is 5.97 Å². The first kappa shape index (κ1) is 16.5. The monoisotopic (exact) mass is 319 g/mol. The Kier molecular flexibility index (Phi) is 5.55. The Morgan fingerprint density at radius 2 is 2.20 bits per heavy atom. The number of carbonyl (C=O) groups is 1. The van der Waals surface area contributed by atoms with Crippen molar-refractivity contribution in [3.05, 3.63) is 35.9 Å². The lowest BCUT2D eigenvalue weighted by atomic mass is 10.3. The summed E-state index contributed by atoms with van der Waals surface area (Å²) in [6, 6.07) is 4.01. The van der Waals surface area contributed by atoms with Crippen LogP contribution in [0.1, 0.15) is 0 Å². The summed E-state index contributed by atoms with van der Waals surface area (Å²) in [4.78, 5) is 10.6. The first-order chi connectivity index (χ1) is 9.32. The Morgan fingerprint density at radius 1 is 1.55 bits per heavy atom. The number of halogens is 1. The van der Waals surface area contributed by atoms with Crippen LogP contribution in [0.25, 0.3) is 0 Å². The van der Waals surface area contributed by atoms with Crippen molar-refractivity contribution in [2.24, 2.45) is 0 Å². The zero-order valence-corrected chi connectivity index (χ0v) is 12.3. The maximum Gasteiger partial charge on any atom is 0.318 e. The molecule has 1 aromatic carbocycles. The van der Waals surface area contributed by atoms with Gasteiger partial charge in [-0.1, -0.05) is 17.7 Å². The van der Waals surface area contributed by atoms with E-state index in [2.05, 4.69) is 6.58 Å². The number of carboxylic acids is 1. The molecule has 0 spiro atoms. The third-order valence-electron chi connectivity index (χ3n) is 2.39. The molecular weight excluding hydrogens is 306 g/mol. The second-order valence-corrected chi connectivity index (χ2v) is 6.12. The molecule has 0 aliphatic heterocycles. The van der Waals surface area contributed by atoms with E-state index >= 15 is 0 Å². The smallest absolute Gasteiger partial charge is 0.318 e. The third kappa shape index (κ3) is 3.72. The molecule has 0 aromatic heterocycles. The Hall–Kier alpha value is -1.57. The number of hydrogen-bond acceptors (Lipinski definition) is 4. The highest BCUT2D eigenvalue weighted by molar-refractivity contribution is 7.89. The van der Waals surface area contributed by atoms with Crippen molar-refractivity contribution < 1.29 is 23.1 Å². The van der Waals surface area contributed by atoms with Gasteiger partial charge in [0.1, 0.15) is 17.2 Å². The van der Waals surface area contributed by atoms with Crippen LogP contribution in [0.3, 0.4) is 0 Å². The first-order valence-electron chi connectivity index (χ1n) is 5.49. The maximum atomic E-state index is 12.4. The van der Waals surface area contributed by atoms with Crippen molar-refractivity contribution in [2.45, 2.75) is 4.90 Å². The van der Waals surface area contributed by atoms with Crippen LogP contribution >= 0.6 is 11.6 Å². The van der Waals surface area contributed by atoms with E-state index in [1.807, 2.05) is 0 Å². The largest absolute Gasteiger partial charge is 0.495 e. The van der Waals surface area contributed by atoms with Gasteiger partial charge in [0.2, 0.25) is 10.0 Å². The molecule has 0 fully saturated rings. The second-order valence-electron chi connectivity index (χ2n) is 3.78. The fourth-order valence-corrected chi connectivity index (χ4v) is 3.19. The van der Waals surface area contributed by atoms with E-state index in [4.69, 9.17) is 21.4 Å². The summed E-state index contributed by atoms with van der Waals surface area (Å²) < 4.78 is 30.6. The molecule has 0 aliphatic rings. The molecule has 0 radical (unpaired) electrons. The van der Waals surface area contributed by atoms with Crippen LogP contribution in [0.5, 0.6) is 5.75 Å². The molecule has 20 heavy (non-hydrogen) atoms. The highest BCUT2D eigenvalue weighted by Crippen LogP contribution is 2.29. The molecule has 0 saturated carbocycles. The summed E-state index contributed by atoms with van der Waals surface area (Å²) in [6.07, 6.45) is 1.31. The number of methoxy groups -OCH3 is 1. The predicted octanol–water partition coefficient (Wildman–Crippen LogP) is 1.61. The van der Waals surface area contributed by atoms with Gasteiger partial charge in [-0.2, -0.15) is 4.31 Å². The molecule has 0 heterocycles. The Morgan fingerprint density at radius 3 is 2.70 bits per heavy atom. The van der Waals surface area contributed by atoms with Gasteiger partial charge in [0.15, 0.2) is 0 Å². The zero-order valence-electron chi connectivity index (χ0n) is 10.7. The summed E-state index contributed by atoms with van der Waals surface area (Å²) in [7, 11) is -2.71. The highest BCUT2D eigenvalue weighted by atomic mass is 35.5. The van der Waals surface area contributed by atoms with Crippen molar-refractivity contribution in [3.8, 4) is 5.75 Å². The Bertz CT molecular complexity index is 614. The summed E-state index contributed by atoms with van der Waals surface area (Å²) >= 11 is 5.77. The Labute approximate surface area is 122 Å². The van der Waals surface area contributed by atoms with Crippen LogP contribution in [0.15, 0.2) is 35.7 Å². The summed E-state index contributed by atoms with van der Waals surface area (Å²) in [5.74, 6) is -1.21. The minimum atomic E-state index is -4.02. The van der Waals surface area contributed by atoms with Crippen LogP contribution in [0.4, 0.5) is 0 Å². The molecule has 1 N–H and O–H groups in total.